The molecule has 1 unspecified atom stereocenters. The van der Waals surface area contributed by atoms with E-state index < -0.39 is 0 Å². The summed E-state index contributed by atoms with van der Waals surface area (Å²) in [6.45, 7) is 4.18. The fraction of sp³-hybridized carbons (Fsp3) is 0.500. The molecule has 1 fully saturated rings. The fourth-order valence-corrected chi connectivity index (χ4v) is 2.11. The molecule has 0 heterocycles. The standard InChI is InChI=1S/C12H16ClN/c1-7-5-10(11(13)6-8(7)2)12(14)9-3-4-9/h5-6,9,12H,3-4,14H2,1-2H3. The van der Waals surface area contributed by atoms with Crippen molar-refractivity contribution >= 4 is 11.6 Å². The predicted molar refractivity (Wildman–Crippen MR) is 60.6 cm³/mol. The maximum absolute atomic E-state index is 6.19. The summed E-state index contributed by atoms with van der Waals surface area (Å²) in [5.41, 5.74) is 9.77. The van der Waals surface area contributed by atoms with E-state index in [2.05, 4.69) is 19.9 Å². The third-order valence-electron chi connectivity index (χ3n) is 3.10. The maximum atomic E-state index is 6.19. The van der Waals surface area contributed by atoms with Crippen molar-refractivity contribution in [1.82, 2.24) is 0 Å². The summed E-state index contributed by atoms with van der Waals surface area (Å²) >= 11 is 6.19. The molecule has 2 rings (SSSR count). The van der Waals surface area contributed by atoms with Crippen molar-refractivity contribution in [2.24, 2.45) is 11.7 Å². The van der Waals surface area contributed by atoms with Gasteiger partial charge >= 0.3 is 0 Å². The summed E-state index contributed by atoms with van der Waals surface area (Å²) in [6, 6.07) is 4.30. The molecular formula is C12H16ClN. The lowest BCUT2D eigenvalue weighted by molar-refractivity contribution is 0.633. The van der Waals surface area contributed by atoms with Gasteiger partial charge in [0.15, 0.2) is 0 Å². The van der Waals surface area contributed by atoms with E-state index in [-0.39, 0.29) is 6.04 Å². The van der Waals surface area contributed by atoms with Crippen molar-refractivity contribution in [3.63, 3.8) is 0 Å². The molecule has 1 nitrogen and oxygen atoms in total. The van der Waals surface area contributed by atoms with Gasteiger partial charge in [-0.05, 0) is 55.4 Å². The minimum atomic E-state index is 0.141. The van der Waals surface area contributed by atoms with Gasteiger partial charge in [0.05, 0.1) is 0 Å². The third-order valence-corrected chi connectivity index (χ3v) is 3.43. The van der Waals surface area contributed by atoms with Crippen LogP contribution in [0.3, 0.4) is 0 Å². The highest BCUT2D eigenvalue weighted by Crippen LogP contribution is 2.41. The van der Waals surface area contributed by atoms with Crippen LogP contribution < -0.4 is 5.73 Å². The lowest BCUT2D eigenvalue weighted by Crippen LogP contribution is -2.13. The molecule has 76 valence electrons. The van der Waals surface area contributed by atoms with Gasteiger partial charge in [-0.2, -0.15) is 0 Å². The Kier molecular flexibility index (Phi) is 2.54. The summed E-state index contributed by atoms with van der Waals surface area (Å²) in [6.07, 6.45) is 2.51. The van der Waals surface area contributed by atoms with Gasteiger partial charge in [-0.25, -0.2) is 0 Å². The van der Waals surface area contributed by atoms with Crippen molar-refractivity contribution in [2.45, 2.75) is 32.7 Å². The second kappa shape index (κ2) is 3.56. The Hall–Kier alpha value is -0.530. The van der Waals surface area contributed by atoms with Crippen LogP contribution in [0, 0.1) is 19.8 Å². The number of nitrogens with two attached hydrogens (primary N) is 1. The smallest absolute Gasteiger partial charge is 0.0456 e. The Balaban J connectivity index is 2.36. The average molecular weight is 210 g/mol. The molecule has 0 radical (unpaired) electrons. The Morgan fingerprint density at radius 3 is 2.43 bits per heavy atom. The number of benzene rings is 1. The maximum Gasteiger partial charge on any atom is 0.0456 e. The molecule has 0 aromatic heterocycles. The lowest BCUT2D eigenvalue weighted by Gasteiger charge is -2.14. The predicted octanol–water partition coefficient (Wildman–Crippen LogP) is 3.37. The Labute approximate surface area is 90.3 Å². The van der Waals surface area contributed by atoms with Crippen LogP contribution in [0.25, 0.3) is 0 Å². The van der Waals surface area contributed by atoms with Gasteiger partial charge in [0.2, 0.25) is 0 Å². The van der Waals surface area contributed by atoms with Crippen LogP contribution in [0.2, 0.25) is 5.02 Å². The van der Waals surface area contributed by atoms with Gasteiger partial charge in [0.25, 0.3) is 0 Å². The SMILES string of the molecule is Cc1cc(Cl)c(C(N)C2CC2)cc1C. The lowest BCUT2D eigenvalue weighted by atomic mass is 9.98. The van der Waals surface area contributed by atoms with Gasteiger partial charge in [-0.3, -0.25) is 0 Å². The van der Waals surface area contributed by atoms with Crippen molar-refractivity contribution in [2.75, 3.05) is 0 Å². The molecular weight excluding hydrogens is 194 g/mol. The molecule has 0 amide bonds. The van der Waals surface area contributed by atoms with Crippen LogP contribution in [-0.4, -0.2) is 0 Å². The molecule has 1 aliphatic carbocycles. The van der Waals surface area contributed by atoms with E-state index in [4.69, 9.17) is 17.3 Å². The molecule has 0 saturated heterocycles. The van der Waals surface area contributed by atoms with Crippen molar-refractivity contribution in [3.8, 4) is 0 Å². The van der Waals surface area contributed by atoms with Crippen LogP contribution in [-0.2, 0) is 0 Å². The average Bonchev–Trinajstić information content (AvgIpc) is 2.93. The monoisotopic (exact) mass is 209 g/mol. The zero-order valence-corrected chi connectivity index (χ0v) is 9.43. The summed E-state index contributed by atoms with van der Waals surface area (Å²) in [7, 11) is 0. The molecule has 0 spiro atoms. The van der Waals surface area contributed by atoms with Gasteiger partial charge < -0.3 is 5.73 Å². The van der Waals surface area contributed by atoms with Gasteiger partial charge in [0.1, 0.15) is 0 Å². The molecule has 1 aromatic rings. The fourth-order valence-electron chi connectivity index (χ4n) is 1.77. The Morgan fingerprint density at radius 2 is 1.86 bits per heavy atom. The van der Waals surface area contributed by atoms with Crippen molar-refractivity contribution in [1.29, 1.82) is 0 Å². The van der Waals surface area contributed by atoms with E-state index in [1.807, 2.05) is 6.07 Å². The van der Waals surface area contributed by atoms with Gasteiger partial charge in [-0.15, -0.1) is 0 Å². The second-order valence-electron chi connectivity index (χ2n) is 4.32. The summed E-state index contributed by atoms with van der Waals surface area (Å²) in [5, 5.41) is 0.826. The van der Waals surface area contributed by atoms with Crippen molar-refractivity contribution < 1.29 is 0 Å². The first-order valence-electron chi connectivity index (χ1n) is 5.12. The highest BCUT2D eigenvalue weighted by atomic mass is 35.5. The molecule has 0 bridgehead atoms. The Morgan fingerprint density at radius 1 is 1.29 bits per heavy atom. The molecule has 2 N–H and O–H groups in total. The minimum Gasteiger partial charge on any atom is -0.324 e. The van der Waals surface area contributed by atoms with Crippen LogP contribution in [0.4, 0.5) is 0 Å². The molecule has 1 atom stereocenters. The number of rotatable bonds is 2. The minimum absolute atomic E-state index is 0.141. The number of hydrogen-bond donors (Lipinski definition) is 1. The molecule has 14 heavy (non-hydrogen) atoms. The van der Waals surface area contributed by atoms with E-state index in [9.17, 15) is 0 Å². The normalized spacial score (nSPS) is 18.3. The summed E-state index contributed by atoms with van der Waals surface area (Å²) in [5.74, 6) is 0.662. The van der Waals surface area contributed by atoms with Crippen LogP contribution in [0.5, 0.6) is 0 Å². The van der Waals surface area contributed by atoms with E-state index >= 15 is 0 Å². The number of aryl methyl sites for hydroxylation is 2. The zero-order chi connectivity index (χ0) is 10.3. The van der Waals surface area contributed by atoms with Gasteiger partial charge in [0, 0.05) is 11.1 Å². The van der Waals surface area contributed by atoms with E-state index in [1.165, 1.54) is 24.0 Å². The zero-order valence-electron chi connectivity index (χ0n) is 8.68. The summed E-state index contributed by atoms with van der Waals surface area (Å²) in [4.78, 5) is 0. The van der Waals surface area contributed by atoms with Crippen molar-refractivity contribution in [3.05, 3.63) is 33.8 Å². The van der Waals surface area contributed by atoms with E-state index in [0.717, 1.165) is 10.6 Å². The quantitative estimate of drug-likeness (QED) is 0.794. The molecule has 2 heteroatoms. The molecule has 1 saturated carbocycles. The highest BCUT2D eigenvalue weighted by molar-refractivity contribution is 6.31. The number of hydrogen-bond acceptors (Lipinski definition) is 1. The highest BCUT2D eigenvalue weighted by Gasteiger charge is 2.30. The topological polar surface area (TPSA) is 26.0 Å². The van der Waals surface area contributed by atoms with Crippen LogP contribution in [0.1, 0.15) is 35.6 Å². The number of halogens is 1. The molecule has 0 aliphatic heterocycles. The first-order valence-corrected chi connectivity index (χ1v) is 5.49. The summed E-state index contributed by atoms with van der Waals surface area (Å²) < 4.78 is 0. The van der Waals surface area contributed by atoms with E-state index in [1.54, 1.807) is 0 Å². The third kappa shape index (κ3) is 1.79. The second-order valence-corrected chi connectivity index (χ2v) is 4.73. The van der Waals surface area contributed by atoms with Crippen LogP contribution in [0.15, 0.2) is 12.1 Å². The van der Waals surface area contributed by atoms with Crippen LogP contribution >= 0.6 is 11.6 Å². The molecule has 1 aromatic carbocycles. The molecule has 1 aliphatic rings. The first-order chi connectivity index (χ1) is 6.59. The van der Waals surface area contributed by atoms with E-state index in [0.29, 0.717) is 5.92 Å². The first kappa shape index (κ1) is 10.0. The largest absolute Gasteiger partial charge is 0.324 e. The Bertz CT molecular complexity index is 356. The van der Waals surface area contributed by atoms with Gasteiger partial charge in [-0.1, -0.05) is 17.7 Å².